The van der Waals surface area contributed by atoms with Gasteiger partial charge in [0.15, 0.2) is 11.6 Å². The number of fused-ring (bicyclic) bond motifs is 1. The highest BCUT2D eigenvalue weighted by Gasteiger charge is 2.37. The minimum atomic E-state index is -0.179. The summed E-state index contributed by atoms with van der Waals surface area (Å²) in [5.41, 5.74) is 3.06. The van der Waals surface area contributed by atoms with Gasteiger partial charge in [-0.3, -0.25) is 14.6 Å². The second kappa shape index (κ2) is 9.08. The van der Waals surface area contributed by atoms with Crippen LogP contribution in [0.25, 0.3) is 0 Å². The summed E-state index contributed by atoms with van der Waals surface area (Å²) < 4.78 is 5.55. The van der Waals surface area contributed by atoms with Gasteiger partial charge in [-0.2, -0.15) is 0 Å². The van der Waals surface area contributed by atoms with Crippen molar-refractivity contribution in [2.45, 2.75) is 78.2 Å². The van der Waals surface area contributed by atoms with Gasteiger partial charge < -0.3 is 9.63 Å². The van der Waals surface area contributed by atoms with Crippen molar-refractivity contribution in [3.05, 3.63) is 64.2 Å². The molecule has 2 aliphatic carbocycles. The van der Waals surface area contributed by atoms with E-state index in [0.29, 0.717) is 60.4 Å². The summed E-state index contributed by atoms with van der Waals surface area (Å²) in [4.78, 5) is 30.5. The van der Waals surface area contributed by atoms with Gasteiger partial charge in [-0.15, -0.1) is 0 Å². The fourth-order valence-corrected chi connectivity index (χ4v) is 4.97. The highest BCUT2D eigenvalue weighted by atomic mass is 16.5. The maximum atomic E-state index is 12.9. The Kier molecular flexibility index (Phi) is 6.37. The molecule has 2 aromatic rings. The monoisotopic (exact) mass is 448 g/mol. The Morgan fingerprint density at radius 2 is 1.88 bits per heavy atom. The molecule has 1 heterocycles. The average molecular weight is 449 g/mol. The molecule has 0 saturated heterocycles. The number of aromatic nitrogens is 1. The molecule has 0 aliphatic heterocycles. The van der Waals surface area contributed by atoms with Crippen LogP contribution in [0.5, 0.6) is 0 Å². The summed E-state index contributed by atoms with van der Waals surface area (Å²) in [6.45, 7) is 8.02. The van der Waals surface area contributed by atoms with Crippen molar-refractivity contribution < 1.29 is 19.2 Å². The van der Waals surface area contributed by atoms with Crippen LogP contribution < -0.4 is 0 Å². The van der Waals surface area contributed by atoms with E-state index < -0.39 is 0 Å². The van der Waals surface area contributed by atoms with Crippen molar-refractivity contribution in [1.82, 2.24) is 5.16 Å². The molecule has 174 valence electrons. The number of Topliss-reactive ketones (excluding diaryl/α,β-unsaturated/α-hetero) is 2. The molecule has 1 aromatic carbocycles. The lowest BCUT2D eigenvalue weighted by molar-refractivity contribution is -0.117. The van der Waals surface area contributed by atoms with Gasteiger partial charge in [0.25, 0.3) is 0 Å². The van der Waals surface area contributed by atoms with Crippen LogP contribution in [0.4, 0.5) is 0 Å². The standard InChI is InChI=1S/C27H32N2O4/c1-16(2)28-20-14-27(3,4)15-23(32)25(20)21(30)11-10-19-26-22(31)12-18(13-24(26)33-29-19)17-8-6-5-7-9-17/h5-9,16,18,30H,10-15H2,1-4H3/b25-21+,28-20?. The molecular weight excluding hydrogens is 416 g/mol. The summed E-state index contributed by atoms with van der Waals surface area (Å²) in [7, 11) is 0. The molecule has 2 aliphatic rings. The van der Waals surface area contributed by atoms with E-state index in [2.05, 4.69) is 10.1 Å². The Balaban J connectivity index is 1.54. The third-order valence-electron chi connectivity index (χ3n) is 6.40. The molecule has 33 heavy (non-hydrogen) atoms. The molecule has 1 saturated carbocycles. The van der Waals surface area contributed by atoms with E-state index in [0.717, 1.165) is 5.56 Å². The molecule has 1 N–H and O–H groups in total. The second-order valence-electron chi connectivity index (χ2n) is 10.3. The number of carbonyl (C=O) groups excluding carboxylic acids is 2. The lowest BCUT2D eigenvalue weighted by Gasteiger charge is -2.31. The largest absolute Gasteiger partial charge is 0.511 e. The number of aryl methyl sites for hydroxylation is 1. The van der Waals surface area contributed by atoms with Crippen LogP contribution in [-0.4, -0.2) is 33.6 Å². The lowest BCUT2D eigenvalue weighted by Crippen LogP contribution is -2.33. The van der Waals surface area contributed by atoms with E-state index in [9.17, 15) is 14.7 Å². The zero-order valence-corrected chi connectivity index (χ0v) is 19.9. The number of allylic oxidation sites excluding steroid dienone is 2. The number of aliphatic imine (C=N–C) groups is 1. The first kappa shape index (κ1) is 23.1. The van der Waals surface area contributed by atoms with Crippen LogP contribution >= 0.6 is 0 Å². The predicted molar refractivity (Wildman–Crippen MR) is 127 cm³/mol. The highest BCUT2D eigenvalue weighted by Crippen LogP contribution is 2.37. The van der Waals surface area contributed by atoms with E-state index in [1.165, 1.54) is 0 Å². The topological polar surface area (TPSA) is 92.8 Å². The molecule has 1 atom stereocenters. The first-order chi connectivity index (χ1) is 15.6. The quantitative estimate of drug-likeness (QED) is 0.477. The van der Waals surface area contributed by atoms with Crippen LogP contribution in [0.1, 0.15) is 86.7 Å². The fourth-order valence-electron chi connectivity index (χ4n) is 4.97. The van der Waals surface area contributed by atoms with E-state index in [4.69, 9.17) is 4.52 Å². The Hall–Kier alpha value is -3.02. The summed E-state index contributed by atoms with van der Waals surface area (Å²) in [5.74, 6) is 0.663. The van der Waals surface area contributed by atoms with Gasteiger partial charge in [0, 0.05) is 43.9 Å². The average Bonchev–Trinajstić information content (AvgIpc) is 3.15. The Morgan fingerprint density at radius 3 is 2.58 bits per heavy atom. The predicted octanol–water partition coefficient (Wildman–Crippen LogP) is 5.57. The molecule has 6 nitrogen and oxygen atoms in total. The third kappa shape index (κ3) is 5.00. The smallest absolute Gasteiger partial charge is 0.168 e. The molecule has 6 heteroatoms. The lowest BCUT2D eigenvalue weighted by atomic mass is 9.73. The van der Waals surface area contributed by atoms with E-state index in [1.54, 1.807) is 0 Å². The summed E-state index contributed by atoms with van der Waals surface area (Å²) >= 11 is 0. The number of hydrogen-bond acceptors (Lipinski definition) is 6. The third-order valence-corrected chi connectivity index (χ3v) is 6.40. The van der Waals surface area contributed by atoms with Crippen molar-refractivity contribution in [2.75, 3.05) is 0 Å². The Labute approximate surface area is 194 Å². The number of benzene rings is 1. The highest BCUT2D eigenvalue weighted by molar-refractivity contribution is 6.24. The van der Waals surface area contributed by atoms with Crippen LogP contribution in [0.15, 0.2) is 51.2 Å². The van der Waals surface area contributed by atoms with Crippen molar-refractivity contribution in [3.63, 3.8) is 0 Å². The number of rotatable bonds is 5. The Morgan fingerprint density at radius 1 is 1.15 bits per heavy atom. The van der Waals surface area contributed by atoms with Gasteiger partial charge in [-0.1, -0.05) is 49.3 Å². The van der Waals surface area contributed by atoms with Crippen LogP contribution in [0.2, 0.25) is 0 Å². The minimum Gasteiger partial charge on any atom is -0.511 e. The van der Waals surface area contributed by atoms with Gasteiger partial charge in [-0.05, 0) is 37.2 Å². The zero-order valence-electron chi connectivity index (χ0n) is 19.9. The minimum absolute atomic E-state index is 0.0195. The molecule has 0 amide bonds. The van der Waals surface area contributed by atoms with Gasteiger partial charge in [0.1, 0.15) is 11.5 Å². The maximum absolute atomic E-state index is 12.9. The Bertz CT molecular complexity index is 1120. The summed E-state index contributed by atoms with van der Waals surface area (Å²) in [6, 6.07) is 10.0. The molecule has 0 spiro atoms. The van der Waals surface area contributed by atoms with Crippen LogP contribution in [0, 0.1) is 5.41 Å². The molecule has 1 unspecified atom stereocenters. The maximum Gasteiger partial charge on any atom is 0.168 e. The van der Waals surface area contributed by atoms with E-state index in [-0.39, 0.29) is 41.1 Å². The van der Waals surface area contributed by atoms with Crippen molar-refractivity contribution >= 4 is 17.3 Å². The van der Waals surface area contributed by atoms with Gasteiger partial charge in [0.05, 0.1) is 16.8 Å². The molecule has 1 fully saturated rings. The van der Waals surface area contributed by atoms with Crippen LogP contribution in [0.3, 0.4) is 0 Å². The van der Waals surface area contributed by atoms with Gasteiger partial charge in [-0.25, -0.2) is 0 Å². The molecule has 1 aromatic heterocycles. The zero-order chi connectivity index (χ0) is 23.8. The summed E-state index contributed by atoms with van der Waals surface area (Å²) in [5, 5.41) is 15.1. The molecule has 4 rings (SSSR count). The SMILES string of the molecule is CC(C)N=C1CC(C)(C)CC(=O)/C1=C(/O)CCc1noc2c1C(=O)CC(c1ccccc1)C2. The first-order valence-corrected chi connectivity index (χ1v) is 11.7. The van der Waals surface area contributed by atoms with Crippen molar-refractivity contribution in [1.29, 1.82) is 0 Å². The van der Waals surface area contributed by atoms with E-state index in [1.807, 2.05) is 58.0 Å². The molecule has 0 bridgehead atoms. The van der Waals surface area contributed by atoms with Crippen molar-refractivity contribution in [2.24, 2.45) is 10.4 Å². The van der Waals surface area contributed by atoms with E-state index >= 15 is 0 Å². The van der Waals surface area contributed by atoms with Gasteiger partial charge in [0.2, 0.25) is 0 Å². The number of hydrogen-bond donors (Lipinski definition) is 1. The number of ketones is 2. The number of carbonyl (C=O) groups is 2. The number of nitrogens with zero attached hydrogens (tertiary/aromatic N) is 2. The first-order valence-electron chi connectivity index (χ1n) is 11.7. The fraction of sp³-hybridized carbons (Fsp3) is 0.481. The van der Waals surface area contributed by atoms with Crippen LogP contribution in [-0.2, 0) is 17.6 Å². The normalized spacial score (nSPS) is 23.2. The number of aliphatic hydroxyl groups is 1. The van der Waals surface area contributed by atoms with Crippen molar-refractivity contribution in [3.8, 4) is 0 Å². The molecular formula is C27H32N2O4. The molecule has 0 radical (unpaired) electrons. The summed E-state index contributed by atoms with van der Waals surface area (Å²) in [6.07, 6.45) is 2.62. The van der Waals surface area contributed by atoms with Gasteiger partial charge >= 0.3 is 0 Å². The number of aliphatic hydroxyl groups excluding tert-OH is 1. The second-order valence-corrected chi connectivity index (χ2v) is 10.3.